The Labute approximate surface area is 156 Å². The number of hydrogen-bond acceptors (Lipinski definition) is 3. The molecule has 2 N–H and O–H groups in total. The van der Waals surface area contributed by atoms with E-state index >= 15 is 0 Å². The monoisotopic (exact) mass is 377 g/mol. The molecule has 0 bridgehead atoms. The summed E-state index contributed by atoms with van der Waals surface area (Å²) in [5.74, 6) is 0.135. The maximum absolute atomic E-state index is 12.4. The van der Waals surface area contributed by atoms with E-state index in [9.17, 15) is 13.6 Å². The van der Waals surface area contributed by atoms with E-state index in [1.54, 1.807) is 12.1 Å². The molecule has 7 heteroatoms. The van der Waals surface area contributed by atoms with Gasteiger partial charge in [-0.05, 0) is 23.3 Å². The average molecular weight is 377 g/mol. The van der Waals surface area contributed by atoms with E-state index in [4.69, 9.17) is 4.74 Å². The maximum atomic E-state index is 12.4. The Hall–Kier alpha value is -2.67. The molecule has 3 rings (SSSR count). The largest absolute Gasteiger partial charge is 0.493 e. The third-order valence-corrected chi connectivity index (χ3v) is 4.65. The van der Waals surface area contributed by atoms with Crippen LogP contribution < -0.4 is 19.7 Å². The summed E-state index contributed by atoms with van der Waals surface area (Å²) in [6, 6.07) is 13.0. The molecule has 0 saturated carbocycles. The summed E-state index contributed by atoms with van der Waals surface area (Å²) in [5, 5.41) is 2.88. The molecule has 1 amide bonds. The predicted molar refractivity (Wildman–Crippen MR) is 96.0 cm³/mol. The first-order valence-corrected chi connectivity index (χ1v) is 8.84. The van der Waals surface area contributed by atoms with E-state index < -0.39 is 6.61 Å². The first-order chi connectivity index (χ1) is 13.0. The van der Waals surface area contributed by atoms with Gasteiger partial charge in [0.15, 0.2) is 18.0 Å². The van der Waals surface area contributed by atoms with Crippen LogP contribution in [0.5, 0.6) is 11.5 Å². The van der Waals surface area contributed by atoms with Gasteiger partial charge < -0.3 is 19.7 Å². The Kier molecular flexibility index (Phi) is 6.24. The summed E-state index contributed by atoms with van der Waals surface area (Å²) >= 11 is 0. The number of amides is 1. The minimum Gasteiger partial charge on any atom is -0.493 e. The normalized spacial score (nSPS) is 15.9. The van der Waals surface area contributed by atoms with Crippen LogP contribution in [0, 0.1) is 0 Å². The lowest BCUT2D eigenvalue weighted by molar-refractivity contribution is -0.908. The Morgan fingerprint density at radius 3 is 2.70 bits per heavy atom. The fourth-order valence-electron chi connectivity index (χ4n) is 3.30. The van der Waals surface area contributed by atoms with E-state index in [0.717, 1.165) is 25.1 Å². The number of carbonyl (C=O) groups is 1. The third-order valence-electron chi connectivity index (χ3n) is 4.65. The van der Waals surface area contributed by atoms with Crippen molar-refractivity contribution in [3.8, 4) is 11.5 Å². The zero-order chi connectivity index (χ0) is 19.2. The third kappa shape index (κ3) is 5.17. The minimum absolute atomic E-state index is 0.0287. The van der Waals surface area contributed by atoms with Gasteiger partial charge in [-0.1, -0.05) is 30.3 Å². The van der Waals surface area contributed by atoms with Gasteiger partial charge in [-0.25, -0.2) is 0 Å². The number of quaternary nitrogens is 1. The summed E-state index contributed by atoms with van der Waals surface area (Å²) in [6.07, 6.45) is 0.974. The van der Waals surface area contributed by atoms with Gasteiger partial charge in [0.2, 0.25) is 0 Å². The van der Waals surface area contributed by atoms with Crippen molar-refractivity contribution in [3.05, 3.63) is 59.2 Å². The minimum atomic E-state index is -2.91. The Bertz CT molecular complexity index is 799. The average Bonchev–Trinajstić information content (AvgIpc) is 2.66. The number of hydrogen-bond donors (Lipinski definition) is 2. The van der Waals surface area contributed by atoms with Crippen molar-refractivity contribution in [1.29, 1.82) is 0 Å². The van der Waals surface area contributed by atoms with E-state index in [-0.39, 0.29) is 17.4 Å². The highest BCUT2D eigenvalue weighted by Gasteiger charge is 2.21. The lowest BCUT2D eigenvalue weighted by Gasteiger charge is -2.25. The van der Waals surface area contributed by atoms with Crippen LogP contribution in [-0.4, -0.2) is 32.7 Å². The van der Waals surface area contributed by atoms with Crippen molar-refractivity contribution in [2.24, 2.45) is 0 Å². The molecule has 1 atom stereocenters. The van der Waals surface area contributed by atoms with Crippen molar-refractivity contribution in [1.82, 2.24) is 5.32 Å². The second-order valence-electron chi connectivity index (χ2n) is 6.51. The molecule has 0 aromatic heterocycles. The summed E-state index contributed by atoms with van der Waals surface area (Å²) < 4.78 is 34.2. The van der Waals surface area contributed by atoms with Crippen LogP contribution in [0.1, 0.15) is 16.7 Å². The number of ether oxygens (including phenoxy) is 2. The van der Waals surface area contributed by atoms with Gasteiger partial charge in [0.1, 0.15) is 6.54 Å². The highest BCUT2D eigenvalue weighted by atomic mass is 19.3. The molecule has 5 nitrogen and oxygen atoms in total. The van der Waals surface area contributed by atoms with Crippen LogP contribution in [0.2, 0.25) is 0 Å². The van der Waals surface area contributed by atoms with E-state index in [1.807, 2.05) is 12.1 Å². The quantitative estimate of drug-likeness (QED) is 0.770. The summed E-state index contributed by atoms with van der Waals surface area (Å²) in [7, 11) is 1.38. The van der Waals surface area contributed by atoms with Gasteiger partial charge in [0, 0.05) is 18.5 Å². The van der Waals surface area contributed by atoms with Crippen LogP contribution in [0.15, 0.2) is 42.5 Å². The number of nitrogens with one attached hydrogen (secondary N) is 2. The lowest BCUT2D eigenvalue weighted by atomic mass is 10.00. The van der Waals surface area contributed by atoms with Crippen molar-refractivity contribution in [2.45, 2.75) is 26.1 Å². The molecule has 144 valence electrons. The molecule has 1 unspecified atom stereocenters. The number of fused-ring (bicyclic) bond motifs is 1. The van der Waals surface area contributed by atoms with E-state index in [2.05, 4.69) is 22.2 Å². The van der Waals surface area contributed by atoms with Gasteiger partial charge in [-0.15, -0.1) is 0 Å². The van der Waals surface area contributed by atoms with Crippen LogP contribution >= 0.6 is 0 Å². The summed E-state index contributed by atoms with van der Waals surface area (Å²) in [5.41, 5.74) is 3.41. The van der Waals surface area contributed by atoms with Gasteiger partial charge >= 0.3 is 6.61 Å². The topological polar surface area (TPSA) is 52.0 Å². The molecule has 0 saturated heterocycles. The zero-order valence-corrected chi connectivity index (χ0v) is 15.1. The Balaban J connectivity index is 1.52. The molecule has 2 aromatic carbocycles. The first kappa shape index (κ1) is 19.1. The van der Waals surface area contributed by atoms with Gasteiger partial charge in [0.25, 0.3) is 5.91 Å². The smallest absolute Gasteiger partial charge is 0.387 e. The van der Waals surface area contributed by atoms with Crippen LogP contribution in [-0.2, 0) is 24.3 Å². The second-order valence-corrected chi connectivity index (χ2v) is 6.51. The van der Waals surface area contributed by atoms with E-state index in [0.29, 0.717) is 13.1 Å². The predicted octanol–water partition coefficient (Wildman–Crippen LogP) is 1.55. The number of halogens is 2. The van der Waals surface area contributed by atoms with Gasteiger partial charge in [-0.3, -0.25) is 4.79 Å². The Morgan fingerprint density at radius 2 is 1.96 bits per heavy atom. The summed E-state index contributed by atoms with van der Waals surface area (Å²) in [6.45, 7) is -0.441. The number of methoxy groups -OCH3 is 1. The van der Waals surface area contributed by atoms with E-state index in [1.165, 1.54) is 29.2 Å². The fraction of sp³-hybridized carbons (Fsp3) is 0.350. The summed E-state index contributed by atoms with van der Waals surface area (Å²) in [4.78, 5) is 13.5. The van der Waals surface area contributed by atoms with Gasteiger partial charge in [0.05, 0.1) is 13.7 Å². The number of carbonyl (C=O) groups excluding carboxylic acids is 1. The SMILES string of the molecule is COc1cc(CNC(=O)C[NH+]2CCc3ccccc3C2)ccc1OC(F)F. The molecule has 0 spiro atoms. The molecular formula is C20H23F2N2O3+. The van der Waals surface area contributed by atoms with Crippen molar-refractivity contribution < 1.29 is 27.9 Å². The first-order valence-electron chi connectivity index (χ1n) is 8.84. The molecule has 1 heterocycles. The molecule has 2 aromatic rings. The van der Waals surface area contributed by atoms with Crippen molar-refractivity contribution in [3.63, 3.8) is 0 Å². The number of alkyl halides is 2. The molecule has 27 heavy (non-hydrogen) atoms. The van der Waals surface area contributed by atoms with Gasteiger partial charge in [-0.2, -0.15) is 8.78 Å². The molecule has 0 fully saturated rings. The highest BCUT2D eigenvalue weighted by Crippen LogP contribution is 2.29. The zero-order valence-electron chi connectivity index (χ0n) is 15.1. The maximum Gasteiger partial charge on any atom is 0.387 e. The van der Waals surface area contributed by atoms with Crippen LogP contribution in [0.25, 0.3) is 0 Å². The Morgan fingerprint density at radius 1 is 1.19 bits per heavy atom. The molecule has 1 aliphatic heterocycles. The highest BCUT2D eigenvalue weighted by molar-refractivity contribution is 5.76. The number of rotatable bonds is 7. The standard InChI is InChI=1S/C20H22F2N2O3/c1-26-18-10-14(6-7-17(18)27-20(21)22)11-23-19(25)13-24-9-8-15-4-2-3-5-16(15)12-24/h2-7,10,20H,8-9,11-13H2,1H3,(H,23,25)/p+1. The molecule has 0 radical (unpaired) electrons. The second kappa shape index (κ2) is 8.81. The van der Waals surface area contributed by atoms with Crippen LogP contribution in [0.3, 0.4) is 0 Å². The van der Waals surface area contributed by atoms with Crippen molar-refractivity contribution in [2.75, 3.05) is 20.2 Å². The van der Waals surface area contributed by atoms with Crippen LogP contribution in [0.4, 0.5) is 8.78 Å². The fourth-order valence-corrected chi connectivity index (χ4v) is 3.30. The molecule has 1 aliphatic rings. The number of benzene rings is 2. The molecule has 0 aliphatic carbocycles. The molecular weight excluding hydrogens is 354 g/mol. The lowest BCUT2D eigenvalue weighted by Crippen LogP contribution is -3.12. The van der Waals surface area contributed by atoms with Crippen molar-refractivity contribution >= 4 is 5.91 Å².